The van der Waals surface area contributed by atoms with E-state index in [0.29, 0.717) is 17.8 Å². The minimum absolute atomic E-state index is 0.0550. The van der Waals surface area contributed by atoms with Gasteiger partial charge in [0.25, 0.3) is 0 Å². The molecule has 1 aromatic carbocycles. The molecule has 0 radical (unpaired) electrons. The number of nitrogens with zero attached hydrogens (tertiary/aromatic N) is 1. The standard InChI is InChI=1S/C14H16F2N2S/c1-3-6-17-14(11-7-19-8-18-11)12-10(15)5-4-9(2)13(12)16/h4-5,7-8,14,17H,3,6H2,1-2H3. The third-order valence-electron chi connectivity index (χ3n) is 2.95. The fourth-order valence-corrected chi connectivity index (χ4v) is 2.53. The Labute approximate surface area is 115 Å². The maximum Gasteiger partial charge on any atom is 0.134 e. The van der Waals surface area contributed by atoms with Gasteiger partial charge in [-0.25, -0.2) is 13.8 Å². The molecule has 0 saturated heterocycles. The smallest absolute Gasteiger partial charge is 0.134 e. The highest BCUT2D eigenvalue weighted by atomic mass is 32.1. The topological polar surface area (TPSA) is 24.9 Å². The maximum absolute atomic E-state index is 14.2. The van der Waals surface area contributed by atoms with E-state index in [2.05, 4.69) is 10.3 Å². The van der Waals surface area contributed by atoms with Crippen molar-refractivity contribution in [3.8, 4) is 0 Å². The normalized spacial score (nSPS) is 12.6. The van der Waals surface area contributed by atoms with Gasteiger partial charge in [0.15, 0.2) is 0 Å². The van der Waals surface area contributed by atoms with Gasteiger partial charge in [0, 0.05) is 10.9 Å². The van der Waals surface area contributed by atoms with E-state index in [1.165, 1.54) is 23.5 Å². The van der Waals surface area contributed by atoms with Crippen molar-refractivity contribution in [1.29, 1.82) is 0 Å². The first-order valence-electron chi connectivity index (χ1n) is 6.21. The third kappa shape index (κ3) is 2.98. The zero-order valence-corrected chi connectivity index (χ0v) is 11.7. The average molecular weight is 282 g/mol. The van der Waals surface area contributed by atoms with Crippen LogP contribution in [0.5, 0.6) is 0 Å². The molecule has 0 aliphatic rings. The number of hydrogen-bond donors (Lipinski definition) is 1. The van der Waals surface area contributed by atoms with Crippen molar-refractivity contribution >= 4 is 11.3 Å². The number of rotatable bonds is 5. The molecule has 1 atom stereocenters. The van der Waals surface area contributed by atoms with Crippen LogP contribution >= 0.6 is 11.3 Å². The SMILES string of the molecule is CCCNC(c1cscn1)c1c(F)ccc(C)c1F. The van der Waals surface area contributed by atoms with E-state index in [0.717, 1.165) is 6.42 Å². The van der Waals surface area contributed by atoms with Crippen LogP contribution in [-0.4, -0.2) is 11.5 Å². The average Bonchev–Trinajstić information content (AvgIpc) is 2.92. The van der Waals surface area contributed by atoms with E-state index in [9.17, 15) is 8.78 Å². The number of hydrogen-bond acceptors (Lipinski definition) is 3. The lowest BCUT2D eigenvalue weighted by atomic mass is 10.0. The van der Waals surface area contributed by atoms with E-state index in [4.69, 9.17) is 0 Å². The molecule has 0 amide bonds. The fourth-order valence-electron chi connectivity index (χ4n) is 1.95. The first kappa shape index (κ1) is 14.1. The predicted molar refractivity (Wildman–Crippen MR) is 73.3 cm³/mol. The number of nitrogens with one attached hydrogen (secondary N) is 1. The van der Waals surface area contributed by atoms with Crippen molar-refractivity contribution in [2.75, 3.05) is 6.54 Å². The first-order valence-corrected chi connectivity index (χ1v) is 7.15. The van der Waals surface area contributed by atoms with Crippen LogP contribution < -0.4 is 5.32 Å². The van der Waals surface area contributed by atoms with Gasteiger partial charge in [-0.2, -0.15) is 0 Å². The lowest BCUT2D eigenvalue weighted by Gasteiger charge is -2.19. The van der Waals surface area contributed by atoms with Crippen LogP contribution in [0.25, 0.3) is 0 Å². The monoisotopic (exact) mass is 282 g/mol. The van der Waals surface area contributed by atoms with Gasteiger partial charge in [-0.1, -0.05) is 13.0 Å². The number of thiazole rings is 1. The second-order valence-electron chi connectivity index (χ2n) is 4.39. The lowest BCUT2D eigenvalue weighted by Crippen LogP contribution is -2.25. The minimum atomic E-state index is -0.537. The van der Waals surface area contributed by atoms with E-state index < -0.39 is 17.7 Å². The molecule has 1 unspecified atom stereocenters. The van der Waals surface area contributed by atoms with Gasteiger partial charge in [-0.3, -0.25) is 0 Å². The number of aromatic nitrogens is 1. The highest BCUT2D eigenvalue weighted by Crippen LogP contribution is 2.28. The molecule has 0 aliphatic heterocycles. The second-order valence-corrected chi connectivity index (χ2v) is 5.11. The molecule has 1 heterocycles. The van der Waals surface area contributed by atoms with E-state index >= 15 is 0 Å². The van der Waals surface area contributed by atoms with Gasteiger partial charge in [0.2, 0.25) is 0 Å². The molecule has 1 aromatic heterocycles. The van der Waals surface area contributed by atoms with Gasteiger partial charge >= 0.3 is 0 Å². The Hall–Kier alpha value is -1.33. The van der Waals surface area contributed by atoms with Gasteiger partial charge in [-0.15, -0.1) is 11.3 Å². The van der Waals surface area contributed by atoms with Crippen LogP contribution in [-0.2, 0) is 0 Å². The van der Waals surface area contributed by atoms with Crippen molar-refractivity contribution in [2.45, 2.75) is 26.3 Å². The molecule has 0 aliphatic carbocycles. The van der Waals surface area contributed by atoms with Gasteiger partial charge in [0.1, 0.15) is 11.6 Å². The molecule has 19 heavy (non-hydrogen) atoms. The Balaban J connectivity index is 2.46. The molecule has 2 nitrogen and oxygen atoms in total. The summed E-state index contributed by atoms with van der Waals surface area (Å²) < 4.78 is 28.2. The van der Waals surface area contributed by atoms with E-state index in [-0.39, 0.29) is 5.56 Å². The van der Waals surface area contributed by atoms with Crippen LogP contribution in [0.15, 0.2) is 23.0 Å². The molecular weight excluding hydrogens is 266 g/mol. The van der Waals surface area contributed by atoms with E-state index in [1.807, 2.05) is 12.3 Å². The van der Waals surface area contributed by atoms with Crippen LogP contribution in [0.4, 0.5) is 8.78 Å². The zero-order chi connectivity index (χ0) is 13.8. The Bertz CT molecular complexity index is 541. The molecule has 0 bridgehead atoms. The van der Waals surface area contributed by atoms with Crippen LogP contribution in [0, 0.1) is 18.6 Å². The molecule has 1 N–H and O–H groups in total. The quantitative estimate of drug-likeness (QED) is 0.901. The Kier molecular flexibility index (Phi) is 4.61. The molecule has 2 aromatic rings. The van der Waals surface area contributed by atoms with Crippen LogP contribution in [0.3, 0.4) is 0 Å². The summed E-state index contributed by atoms with van der Waals surface area (Å²) in [5.74, 6) is -1.04. The second kappa shape index (κ2) is 6.21. The highest BCUT2D eigenvalue weighted by Gasteiger charge is 2.24. The van der Waals surface area contributed by atoms with E-state index in [1.54, 1.807) is 12.4 Å². The number of benzene rings is 1. The molecule has 5 heteroatoms. The maximum atomic E-state index is 14.2. The molecule has 0 fully saturated rings. The molecule has 102 valence electrons. The van der Waals surface area contributed by atoms with Gasteiger partial charge in [-0.05, 0) is 31.5 Å². The molecule has 0 saturated carbocycles. The predicted octanol–water partition coefficient (Wildman–Crippen LogP) is 3.82. The van der Waals surface area contributed by atoms with Crippen molar-refractivity contribution in [3.05, 3.63) is 51.5 Å². The zero-order valence-electron chi connectivity index (χ0n) is 10.9. The first-order chi connectivity index (χ1) is 9.15. The summed E-state index contributed by atoms with van der Waals surface area (Å²) in [5, 5.41) is 4.98. The van der Waals surface area contributed by atoms with Gasteiger partial charge < -0.3 is 5.32 Å². The van der Waals surface area contributed by atoms with Gasteiger partial charge in [0.05, 0.1) is 17.2 Å². The minimum Gasteiger partial charge on any atom is -0.305 e. The van der Waals surface area contributed by atoms with Crippen molar-refractivity contribution < 1.29 is 8.78 Å². The van der Waals surface area contributed by atoms with Crippen molar-refractivity contribution in [3.63, 3.8) is 0 Å². The highest BCUT2D eigenvalue weighted by molar-refractivity contribution is 7.07. The fraction of sp³-hybridized carbons (Fsp3) is 0.357. The summed E-state index contributed by atoms with van der Waals surface area (Å²) >= 11 is 1.42. The largest absolute Gasteiger partial charge is 0.305 e. The lowest BCUT2D eigenvalue weighted by molar-refractivity contribution is 0.495. The summed E-state index contributed by atoms with van der Waals surface area (Å²) in [5.41, 5.74) is 2.82. The van der Waals surface area contributed by atoms with Crippen LogP contribution in [0.2, 0.25) is 0 Å². The molecular formula is C14H16F2N2S. The van der Waals surface area contributed by atoms with Crippen LogP contribution in [0.1, 0.15) is 36.2 Å². The number of halogens is 2. The van der Waals surface area contributed by atoms with Crippen molar-refractivity contribution in [1.82, 2.24) is 10.3 Å². The Morgan fingerprint density at radius 1 is 1.37 bits per heavy atom. The summed E-state index contributed by atoms with van der Waals surface area (Å²) in [7, 11) is 0. The summed E-state index contributed by atoms with van der Waals surface area (Å²) in [6, 6.07) is 2.22. The van der Waals surface area contributed by atoms with Crippen molar-refractivity contribution in [2.24, 2.45) is 0 Å². The summed E-state index contributed by atoms with van der Waals surface area (Å²) in [6.07, 6.45) is 0.885. The molecule has 0 spiro atoms. The Morgan fingerprint density at radius 2 is 2.16 bits per heavy atom. The summed E-state index contributed by atoms with van der Waals surface area (Å²) in [4.78, 5) is 4.18. The Morgan fingerprint density at radius 3 is 2.79 bits per heavy atom. The number of aryl methyl sites for hydroxylation is 1. The third-order valence-corrected chi connectivity index (χ3v) is 3.56. The summed E-state index contributed by atoms with van der Waals surface area (Å²) in [6.45, 7) is 4.32. The molecule has 2 rings (SSSR count).